The minimum atomic E-state index is -0.000455. The van der Waals surface area contributed by atoms with Crippen molar-refractivity contribution < 1.29 is 14.2 Å². The van der Waals surface area contributed by atoms with Gasteiger partial charge in [0.05, 0.1) is 26.4 Å². The zero-order valence-electron chi connectivity index (χ0n) is 15.3. The summed E-state index contributed by atoms with van der Waals surface area (Å²) in [4.78, 5) is 4.56. The molecule has 1 unspecified atom stereocenters. The fourth-order valence-electron chi connectivity index (χ4n) is 1.99. The Balaban J connectivity index is 2.36. The number of guanidine groups is 1. The van der Waals surface area contributed by atoms with Crippen molar-refractivity contribution in [2.75, 3.05) is 46.6 Å². The molecule has 2 N–H and O–H groups in total. The van der Waals surface area contributed by atoms with E-state index in [1.807, 2.05) is 45.0 Å². The summed E-state index contributed by atoms with van der Waals surface area (Å²) >= 11 is 0. The predicted molar refractivity (Wildman–Crippen MR) is 97.9 cm³/mol. The van der Waals surface area contributed by atoms with E-state index in [2.05, 4.69) is 15.6 Å². The van der Waals surface area contributed by atoms with E-state index in [0.29, 0.717) is 32.9 Å². The maximum Gasteiger partial charge on any atom is 0.191 e. The van der Waals surface area contributed by atoms with Crippen LogP contribution >= 0.6 is 0 Å². The molecule has 0 aliphatic heterocycles. The van der Waals surface area contributed by atoms with Gasteiger partial charge in [0.2, 0.25) is 0 Å². The van der Waals surface area contributed by atoms with Gasteiger partial charge < -0.3 is 24.8 Å². The van der Waals surface area contributed by atoms with Gasteiger partial charge in [-0.05, 0) is 32.4 Å². The molecule has 0 aromatic heterocycles. The van der Waals surface area contributed by atoms with E-state index in [0.717, 1.165) is 23.8 Å². The Bertz CT molecular complexity index is 480. The largest absolute Gasteiger partial charge is 0.489 e. The first-order valence-corrected chi connectivity index (χ1v) is 8.48. The zero-order valence-corrected chi connectivity index (χ0v) is 15.3. The maximum atomic E-state index is 5.94. The van der Waals surface area contributed by atoms with Crippen LogP contribution in [-0.4, -0.2) is 58.6 Å². The first-order chi connectivity index (χ1) is 11.7. The molecule has 24 heavy (non-hydrogen) atoms. The number of hydrogen-bond acceptors (Lipinski definition) is 4. The molecule has 0 aliphatic carbocycles. The molecular formula is C18H31N3O3. The molecule has 0 saturated carbocycles. The lowest BCUT2D eigenvalue weighted by molar-refractivity contribution is 0.0733. The molecule has 0 amide bonds. The fourth-order valence-corrected chi connectivity index (χ4v) is 1.99. The van der Waals surface area contributed by atoms with Gasteiger partial charge in [-0.15, -0.1) is 0 Å². The minimum Gasteiger partial charge on any atom is -0.489 e. The monoisotopic (exact) mass is 337 g/mol. The van der Waals surface area contributed by atoms with Gasteiger partial charge in [-0.1, -0.05) is 18.2 Å². The molecule has 0 spiro atoms. The summed E-state index contributed by atoms with van der Waals surface area (Å²) in [5, 5.41) is 6.46. The highest BCUT2D eigenvalue weighted by atomic mass is 16.5. The Morgan fingerprint density at radius 3 is 2.67 bits per heavy atom. The Labute approximate surface area is 145 Å². The third-order valence-electron chi connectivity index (χ3n) is 3.24. The fraction of sp³-hybridized carbons (Fsp3) is 0.611. The molecule has 1 aromatic rings. The standard InChI is InChI=1S/C18H31N3O3/c1-5-19-18(20-10-11-23-13-12-22-4)21-14-16(3)24-17-9-7-6-8-15(17)2/h6-9,16H,5,10-14H2,1-4H3,(H2,19,20,21). The van der Waals surface area contributed by atoms with Gasteiger partial charge in [0.15, 0.2) is 5.96 Å². The number of nitrogens with zero attached hydrogens (tertiary/aromatic N) is 1. The Hall–Kier alpha value is -1.79. The van der Waals surface area contributed by atoms with Crippen LogP contribution in [0.1, 0.15) is 19.4 Å². The summed E-state index contributed by atoms with van der Waals surface area (Å²) in [6.07, 6.45) is -0.000455. The van der Waals surface area contributed by atoms with E-state index in [9.17, 15) is 0 Å². The number of hydrogen-bond donors (Lipinski definition) is 2. The molecule has 0 aliphatic rings. The lowest BCUT2D eigenvalue weighted by Gasteiger charge is -2.16. The van der Waals surface area contributed by atoms with Crippen LogP contribution < -0.4 is 15.4 Å². The summed E-state index contributed by atoms with van der Waals surface area (Å²) in [6, 6.07) is 8.01. The maximum absolute atomic E-state index is 5.94. The average Bonchev–Trinajstić information content (AvgIpc) is 2.57. The van der Waals surface area contributed by atoms with Crippen molar-refractivity contribution in [3.8, 4) is 5.75 Å². The van der Waals surface area contributed by atoms with Crippen LogP contribution in [0.15, 0.2) is 29.3 Å². The third kappa shape index (κ3) is 8.74. The van der Waals surface area contributed by atoms with Crippen molar-refractivity contribution in [2.45, 2.75) is 26.9 Å². The molecule has 0 fully saturated rings. The van der Waals surface area contributed by atoms with Gasteiger partial charge in [0.1, 0.15) is 11.9 Å². The Morgan fingerprint density at radius 2 is 1.96 bits per heavy atom. The number of methoxy groups -OCH3 is 1. The first-order valence-electron chi connectivity index (χ1n) is 8.48. The molecule has 1 aromatic carbocycles. The highest BCUT2D eigenvalue weighted by Crippen LogP contribution is 2.17. The van der Waals surface area contributed by atoms with Crippen LogP contribution in [0.4, 0.5) is 0 Å². The SMILES string of the molecule is CCNC(=NCC(C)Oc1ccccc1C)NCCOCCOC. The molecular weight excluding hydrogens is 306 g/mol. The van der Waals surface area contributed by atoms with E-state index >= 15 is 0 Å². The third-order valence-corrected chi connectivity index (χ3v) is 3.24. The van der Waals surface area contributed by atoms with E-state index in [1.165, 1.54) is 0 Å². The van der Waals surface area contributed by atoms with Gasteiger partial charge in [-0.3, -0.25) is 0 Å². The van der Waals surface area contributed by atoms with E-state index < -0.39 is 0 Å². The number of nitrogens with one attached hydrogen (secondary N) is 2. The number of para-hydroxylation sites is 1. The molecule has 1 rings (SSSR count). The first kappa shape index (κ1) is 20.3. The van der Waals surface area contributed by atoms with Crippen LogP contribution in [0, 0.1) is 6.92 Å². The quantitative estimate of drug-likeness (QED) is 0.367. The summed E-state index contributed by atoms with van der Waals surface area (Å²) in [5.41, 5.74) is 1.13. The molecule has 6 heteroatoms. The lowest BCUT2D eigenvalue weighted by Crippen LogP contribution is -2.39. The van der Waals surface area contributed by atoms with Crippen molar-refractivity contribution in [1.29, 1.82) is 0 Å². The highest BCUT2D eigenvalue weighted by molar-refractivity contribution is 5.79. The Kier molecular flexibility index (Phi) is 10.6. The van der Waals surface area contributed by atoms with Gasteiger partial charge >= 0.3 is 0 Å². The topological polar surface area (TPSA) is 64.1 Å². The molecule has 0 heterocycles. The summed E-state index contributed by atoms with van der Waals surface area (Å²) in [6.45, 7) is 10.0. The molecule has 0 radical (unpaired) electrons. The van der Waals surface area contributed by atoms with Crippen LogP contribution in [0.3, 0.4) is 0 Å². The second-order valence-electron chi connectivity index (χ2n) is 5.45. The number of benzene rings is 1. The van der Waals surface area contributed by atoms with Gasteiger partial charge in [0.25, 0.3) is 0 Å². The van der Waals surface area contributed by atoms with E-state index in [4.69, 9.17) is 14.2 Å². The average molecular weight is 337 g/mol. The van der Waals surface area contributed by atoms with Crippen molar-refractivity contribution in [3.63, 3.8) is 0 Å². The normalized spacial score (nSPS) is 12.8. The molecule has 6 nitrogen and oxygen atoms in total. The minimum absolute atomic E-state index is 0.000455. The smallest absolute Gasteiger partial charge is 0.191 e. The van der Waals surface area contributed by atoms with Crippen LogP contribution in [0.2, 0.25) is 0 Å². The molecule has 136 valence electrons. The second kappa shape index (κ2) is 12.6. The number of ether oxygens (including phenoxy) is 3. The molecule has 0 bridgehead atoms. The summed E-state index contributed by atoms with van der Waals surface area (Å²) in [7, 11) is 1.66. The van der Waals surface area contributed by atoms with Crippen LogP contribution in [0.25, 0.3) is 0 Å². The van der Waals surface area contributed by atoms with E-state index in [1.54, 1.807) is 7.11 Å². The number of aliphatic imine (C=N–C) groups is 1. The summed E-state index contributed by atoms with van der Waals surface area (Å²) < 4.78 is 16.3. The van der Waals surface area contributed by atoms with Gasteiger partial charge in [-0.25, -0.2) is 4.99 Å². The van der Waals surface area contributed by atoms with Crippen molar-refractivity contribution >= 4 is 5.96 Å². The van der Waals surface area contributed by atoms with Crippen molar-refractivity contribution in [3.05, 3.63) is 29.8 Å². The predicted octanol–water partition coefficient (Wildman–Crippen LogP) is 1.98. The van der Waals surface area contributed by atoms with E-state index in [-0.39, 0.29) is 6.10 Å². The second-order valence-corrected chi connectivity index (χ2v) is 5.45. The van der Waals surface area contributed by atoms with Crippen LogP contribution in [0.5, 0.6) is 5.75 Å². The number of rotatable bonds is 11. The van der Waals surface area contributed by atoms with Gasteiger partial charge in [0, 0.05) is 20.2 Å². The Morgan fingerprint density at radius 1 is 1.17 bits per heavy atom. The van der Waals surface area contributed by atoms with Crippen molar-refractivity contribution in [1.82, 2.24) is 10.6 Å². The van der Waals surface area contributed by atoms with Crippen LogP contribution in [-0.2, 0) is 9.47 Å². The zero-order chi connectivity index (χ0) is 17.6. The lowest BCUT2D eigenvalue weighted by atomic mass is 10.2. The molecule has 1 atom stereocenters. The summed E-state index contributed by atoms with van der Waals surface area (Å²) in [5.74, 6) is 1.68. The molecule has 0 saturated heterocycles. The number of aryl methyl sites for hydroxylation is 1. The van der Waals surface area contributed by atoms with Crippen molar-refractivity contribution in [2.24, 2.45) is 4.99 Å². The van der Waals surface area contributed by atoms with Gasteiger partial charge in [-0.2, -0.15) is 0 Å². The highest BCUT2D eigenvalue weighted by Gasteiger charge is 2.06.